The molecule has 4 heterocycles. The molecule has 6 nitrogen and oxygen atoms in total. The van der Waals surface area contributed by atoms with Crippen LogP contribution in [0.4, 0.5) is 0 Å². The van der Waals surface area contributed by atoms with Crippen molar-refractivity contribution >= 4 is 23.9 Å². The number of hydrogen-bond donors (Lipinski definition) is 2. The van der Waals surface area contributed by atoms with Gasteiger partial charge in [-0.05, 0) is 42.9 Å². The van der Waals surface area contributed by atoms with Gasteiger partial charge in [0.1, 0.15) is 5.15 Å². The van der Waals surface area contributed by atoms with Crippen LogP contribution in [0.15, 0.2) is 12.3 Å². The van der Waals surface area contributed by atoms with E-state index >= 15 is 0 Å². The number of carbonyl (C=O) groups is 2. The summed E-state index contributed by atoms with van der Waals surface area (Å²) in [5.74, 6) is 0.0220. The maximum absolute atomic E-state index is 13.0. The van der Waals surface area contributed by atoms with Crippen LogP contribution >= 0.6 is 11.6 Å². The van der Waals surface area contributed by atoms with Gasteiger partial charge in [0.15, 0.2) is 0 Å². The van der Waals surface area contributed by atoms with Gasteiger partial charge < -0.3 is 15.2 Å². The molecule has 2 aliphatic heterocycles. The third-order valence-corrected chi connectivity index (χ3v) is 7.00. The number of aromatic amines is 1. The van der Waals surface area contributed by atoms with E-state index in [2.05, 4.69) is 15.3 Å². The molecule has 0 bridgehead atoms. The summed E-state index contributed by atoms with van der Waals surface area (Å²) in [6.45, 7) is 1.32. The first kappa shape index (κ1) is 14.8. The van der Waals surface area contributed by atoms with Gasteiger partial charge in [0.05, 0.1) is 22.2 Å². The Morgan fingerprint density at radius 3 is 2.81 bits per heavy atom. The van der Waals surface area contributed by atoms with E-state index in [0.717, 1.165) is 65.7 Å². The molecule has 2 aliphatic carbocycles. The van der Waals surface area contributed by atoms with Crippen molar-refractivity contribution in [2.45, 2.75) is 36.6 Å². The highest BCUT2D eigenvalue weighted by molar-refractivity contribution is 6.29. The van der Waals surface area contributed by atoms with E-state index in [9.17, 15) is 9.59 Å². The van der Waals surface area contributed by atoms with Crippen LogP contribution in [-0.4, -0.2) is 45.8 Å². The van der Waals surface area contributed by atoms with Crippen LogP contribution in [0.25, 0.3) is 11.3 Å². The van der Waals surface area contributed by atoms with Crippen molar-refractivity contribution in [1.29, 1.82) is 0 Å². The van der Waals surface area contributed by atoms with E-state index in [1.165, 1.54) is 0 Å². The number of rotatable bonds is 1. The summed E-state index contributed by atoms with van der Waals surface area (Å²) < 4.78 is 0. The van der Waals surface area contributed by atoms with Gasteiger partial charge >= 0.3 is 0 Å². The van der Waals surface area contributed by atoms with Gasteiger partial charge in [-0.25, -0.2) is 4.98 Å². The number of carbonyl (C=O) groups excluding carboxylic acids is 2. The highest BCUT2D eigenvalue weighted by atomic mass is 35.5. The summed E-state index contributed by atoms with van der Waals surface area (Å²) in [4.78, 5) is 33.8. The third kappa shape index (κ3) is 1.57. The first-order valence-corrected chi connectivity index (χ1v) is 9.37. The molecule has 132 valence electrons. The van der Waals surface area contributed by atoms with Gasteiger partial charge in [0.25, 0.3) is 5.91 Å². The Morgan fingerprint density at radius 1 is 1.27 bits per heavy atom. The Morgan fingerprint density at radius 2 is 2.08 bits per heavy atom. The van der Waals surface area contributed by atoms with Crippen LogP contribution in [0.3, 0.4) is 0 Å². The summed E-state index contributed by atoms with van der Waals surface area (Å²) in [5.41, 5.74) is 5.70. The molecule has 4 aliphatic rings. The molecule has 2 aromatic rings. The highest BCUT2D eigenvalue weighted by Gasteiger charge is 2.69. The topological polar surface area (TPSA) is 78.1 Å². The van der Waals surface area contributed by atoms with E-state index in [-0.39, 0.29) is 16.9 Å². The lowest BCUT2D eigenvalue weighted by Crippen LogP contribution is -2.72. The molecule has 2 spiro atoms. The van der Waals surface area contributed by atoms with E-state index in [1.807, 2.05) is 12.3 Å². The normalized spacial score (nSPS) is 23.0. The molecule has 2 aromatic heterocycles. The molecule has 0 unspecified atom stereocenters. The van der Waals surface area contributed by atoms with Crippen molar-refractivity contribution in [3.63, 3.8) is 0 Å². The number of H-pyrrole nitrogens is 1. The zero-order valence-corrected chi connectivity index (χ0v) is 14.8. The van der Waals surface area contributed by atoms with Crippen LogP contribution in [0, 0.1) is 0 Å². The molecule has 0 aromatic carbocycles. The molecule has 1 saturated heterocycles. The third-order valence-electron chi connectivity index (χ3n) is 6.79. The summed E-state index contributed by atoms with van der Waals surface area (Å²) in [6.07, 6.45) is 6.34. The number of halogens is 1. The second-order valence-electron chi connectivity index (χ2n) is 8.02. The number of fused-ring (bicyclic) bond motifs is 7. The molecule has 7 heteroatoms. The van der Waals surface area contributed by atoms with Crippen LogP contribution < -0.4 is 5.32 Å². The highest BCUT2D eigenvalue weighted by Crippen LogP contribution is 2.59. The number of pyridine rings is 1. The second-order valence-corrected chi connectivity index (χ2v) is 8.41. The molecule has 26 heavy (non-hydrogen) atoms. The van der Waals surface area contributed by atoms with Crippen LogP contribution in [0.1, 0.15) is 40.0 Å². The first-order chi connectivity index (χ1) is 12.6. The molecular weight excluding hydrogens is 352 g/mol. The van der Waals surface area contributed by atoms with Crippen LogP contribution in [0.2, 0.25) is 5.15 Å². The minimum Gasteiger partial charge on any atom is -0.357 e. The zero-order valence-electron chi connectivity index (χ0n) is 14.1. The Hall–Kier alpha value is -2.34. The van der Waals surface area contributed by atoms with Gasteiger partial charge in [0.2, 0.25) is 6.41 Å². The van der Waals surface area contributed by atoms with Crippen molar-refractivity contribution < 1.29 is 9.59 Å². The monoisotopic (exact) mass is 368 g/mol. The second kappa shape index (κ2) is 4.49. The van der Waals surface area contributed by atoms with E-state index in [0.29, 0.717) is 18.2 Å². The van der Waals surface area contributed by atoms with E-state index in [1.54, 1.807) is 4.90 Å². The van der Waals surface area contributed by atoms with Crippen LogP contribution in [0.5, 0.6) is 0 Å². The van der Waals surface area contributed by atoms with Crippen molar-refractivity contribution in [2.75, 3.05) is 13.1 Å². The maximum Gasteiger partial charge on any atom is 0.253 e. The quantitative estimate of drug-likeness (QED) is 0.595. The fraction of sp³-hybridized carbons (Fsp3) is 0.421. The van der Waals surface area contributed by atoms with Crippen molar-refractivity contribution in [3.05, 3.63) is 39.8 Å². The Bertz CT molecular complexity index is 1000. The number of likely N-dealkylation sites (tertiary alicyclic amines) is 1. The van der Waals surface area contributed by atoms with Crippen LogP contribution in [-0.2, 0) is 23.1 Å². The summed E-state index contributed by atoms with van der Waals surface area (Å²) >= 11 is 6.14. The molecule has 2 N–H and O–H groups in total. The number of nitrogens with one attached hydrogen (secondary N) is 2. The van der Waals surface area contributed by atoms with Crippen molar-refractivity contribution in [2.24, 2.45) is 0 Å². The minimum atomic E-state index is -0.192. The van der Waals surface area contributed by atoms with Gasteiger partial charge in [0, 0.05) is 30.5 Å². The number of hydrogen-bond acceptors (Lipinski definition) is 3. The molecule has 2 amide bonds. The average molecular weight is 369 g/mol. The molecule has 1 saturated carbocycles. The molecule has 0 atom stereocenters. The number of aromatic nitrogens is 2. The standard InChI is InChI=1S/C19H17ClN4O2/c20-13-5-12-10(6-21-13)1-2-11-14-16(22-15(11)12)18(7-24(8-18)9-25)19(3-4-19)23-17(14)26/h5-6,9,22H,1-4,7-8H2,(H,23,26). The largest absolute Gasteiger partial charge is 0.357 e. The van der Waals surface area contributed by atoms with Gasteiger partial charge in [-0.15, -0.1) is 0 Å². The molecule has 6 rings (SSSR count). The maximum atomic E-state index is 13.0. The fourth-order valence-electron chi connectivity index (χ4n) is 5.33. The Kier molecular flexibility index (Phi) is 2.55. The predicted molar refractivity (Wildman–Crippen MR) is 95.2 cm³/mol. The van der Waals surface area contributed by atoms with Gasteiger partial charge in [-0.1, -0.05) is 11.6 Å². The Labute approximate surface area is 154 Å². The Balaban J connectivity index is 1.59. The smallest absolute Gasteiger partial charge is 0.253 e. The zero-order chi connectivity index (χ0) is 17.7. The summed E-state index contributed by atoms with van der Waals surface area (Å²) in [5, 5.41) is 3.75. The van der Waals surface area contributed by atoms with Crippen molar-refractivity contribution in [1.82, 2.24) is 20.2 Å². The van der Waals surface area contributed by atoms with E-state index < -0.39 is 0 Å². The minimum absolute atomic E-state index is 0.0220. The molecule has 2 fully saturated rings. The lowest BCUT2D eigenvalue weighted by molar-refractivity contribution is -0.126. The fourth-order valence-corrected chi connectivity index (χ4v) is 5.49. The summed E-state index contributed by atoms with van der Waals surface area (Å²) in [7, 11) is 0. The first-order valence-electron chi connectivity index (χ1n) is 8.99. The van der Waals surface area contributed by atoms with E-state index in [4.69, 9.17) is 11.6 Å². The SMILES string of the molecule is O=CN1CC2(C1)c1[nH]c3c(c1C(=O)NC21CC1)CCc1cnc(Cl)cc1-3. The predicted octanol–water partition coefficient (Wildman–Crippen LogP) is 1.81. The number of amides is 2. The van der Waals surface area contributed by atoms with Crippen molar-refractivity contribution in [3.8, 4) is 11.3 Å². The number of nitrogens with zero attached hydrogens (tertiary/aromatic N) is 2. The molecule has 0 radical (unpaired) electrons. The molecular formula is C19H17ClN4O2. The average Bonchev–Trinajstić information content (AvgIpc) is 3.23. The summed E-state index contributed by atoms with van der Waals surface area (Å²) in [6, 6.07) is 1.88. The lowest BCUT2D eigenvalue weighted by Gasteiger charge is -2.55. The lowest BCUT2D eigenvalue weighted by atomic mass is 9.65. The van der Waals surface area contributed by atoms with Gasteiger partial charge in [-0.3, -0.25) is 9.59 Å². The van der Waals surface area contributed by atoms with Gasteiger partial charge in [-0.2, -0.15) is 0 Å². The number of aryl methyl sites for hydroxylation is 1.